The topological polar surface area (TPSA) is 119 Å². The van der Waals surface area contributed by atoms with Gasteiger partial charge >= 0.3 is 11.9 Å². The van der Waals surface area contributed by atoms with Crippen molar-refractivity contribution < 1.29 is 32.3 Å². The molecule has 9 nitrogen and oxygen atoms in total. The van der Waals surface area contributed by atoms with Gasteiger partial charge in [0.05, 0.1) is 18.1 Å². The van der Waals surface area contributed by atoms with Gasteiger partial charge in [-0.3, -0.25) is 9.59 Å². The molecular weight excluding hydrogens is 536 g/mol. The van der Waals surface area contributed by atoms with E-state index in [0.29, 0.717) is 17.8 Å². The number of nitrogens with zero attached hydrogens (tertiary/aromatic N) is 1. The van der Waals surface area contributed by atoms with Crippen molar-refractivity contribution in [3.63, 3.8) is 0 Å². The number of carbonyl (C=O) groups is 3. The SMILES string of the molecule is CCOC(=O)c1cc(-c2ccccc2)sc1NC(=O)COC(=O)C1CCN(S(=O)(=O)c2cccs2)CC1. The number of hydrogen-bond donors (Lipinski definition) is 1. The molecule has 0 saturated carbocycles. The number of esters is 2. The summed E-state index contributed by atoms with van der Waals surface area (Å²) in [5, 5.41) is 4.67. The Morgan fingerprint density at radius 1 is 1.05 bits per heavy atom. The van der Waals surface area contributed by atoms with E-state index in [9.17, 15) is 22.8 Å². The average Bonchev–Trinajstić information content (AvgIpc) is 3.59. The number of sulfonamides is 1. The molecule has 1 saturated heterocycles. The first-order chi connectivity index (χ1) is 17.8. The quantitative estimate of drug-likeness (QED) is 0.388. The minimum absolute atomic E-state index is 0.188. The number of carbonyl (C=O) groups excluding carboxylic acids is 3. The third-order valence-electron chi connectivity index (χ3n) is 5.76. The number of anilines is 1. The fourth-order valence-corrected chi connectivity index (χ4v) is 7.56. The molecule has 1 amide bonds. The van der Waals surface area contributed by atoms with Crippen LogP contribution in [0.25, 0.3) is 10.4 Å². The van der Waals surface area contributed by atoms with Crippen molar-refractivity contribution >= 4 is 55.5 Å². The maximum absolute atomic E-state index is 12.7. The molecule has 1 aliphatic rings. The molecule has 2 aromatic heterocycles. The lowest BCUT2D eigenvalue weighted by Gasteiger charge is -2.29. The van der Waals surface area contributed by atoms with Gasteiger partial charge in [-0.1, -0.05) is 36.4 Å². The lowest BCUT2D eigenvalue weighted by atomic mass is 9.98. The van der Waals surface area contributed by atoms with Crippen LogP contribution in [0.2, 0.25) is 0 Å². The van der Waals surface area contributed by atoms with Gasteiger partial charge in [-0.25, -0.2) is 13.2 Å². The van der Waals surface area contributed by atoms with Crippen LogP contribution in [0.5, 0.6) is 0 Å². The van der Waals surface area contributed by atoms with Gasteiger partial charge in [0.1, 0.15) is 9.21 Å². The van der Waals surface area contributed by atoms with Crippen LogP contribution >= 0.6 is 22.7 Å². The average molecular weight is 563 g/mol. The third-order valence-corrected chi connectivity index (χ3v) is 10.1. The van der Waals surface area contributed by atoms with Gasteiger partial charge in [0, 0.05) is 18.0 Å². The summed E-state index contributed by atoms with van der Waals surface area (Å²) in [7, 11) is -3.56. The zero-order valence-corrected chi connectivity index (χ0v) is 22.5. The number of nitrogens with one attached hydrogen (secondary N) is 1. The van der Waals surface area contributed by atoms with E-state index < -0.39 is 40.4 Å². The van der Waals surface area contributed by atoms with E-state index in [1.165, 1.54) is 15.6 Å². The number of piperidine rings is 1. The van der Waals surface area contributed by atoms with Crippen molar-refractivity contribution in [1.29, 1.82) is 0 Å². The van der Waals surface area contributed by atoms with Crippen molar-refractivity contribution in [2.24, 2.45) is 5.92 Å². The number of ether oxygens (including phenoxy) is 2. The summed E-state index contributed by atoms with van der Waals surface area (Å²) in [6.45, 7) is 1.77. The predicted octanol–water partition coefficient (Wildman–Crippen LogP) is 4.24. The molecular formula is C25H26N2O7S3. The highest BCUT2D eigenvalue weighted by Gasteiger charge is 2.33. The van der Waals surface area contributed by atoms with Gasteiger partial charge in [-0.2, -0.15) is 4.31 Å². The molecule has 12 heteroatoms. The summed E-state index contributed by atoms with van der Waals surface area (Å²) in [6.07, 6.45) is 0.618. The number of benzene rings is 1. The Morgan fingerprint density at radius 3 is 2.43 bits per heavy atom. The molecule has 1 aromatic carbocycles. The van der Waals surface area contributed by atoms with E-state index in [1.54, 1.807) is 30.5 Å². The molecule has 3 aromatic rings. The standard InChI is InChI=1S/C25H26N2O7S3/c1-2-33-25(30)19-15-20(17-7-4-3-5-8-17)36-23(19)26-21(28)16-34-24(29)18-10-12-27(13-11-18)37(31,32)22-9-6-14-35-22/h3-9,14-15,18H,2,10-13,16H2,1H3,(H,26,28). The molecule has 0 atom stereocenters. The van der Waals surface area contributed by atoms with Crippen LogP contribution in [0.1, 0.15) is 30.1 Å². The largest absolute Gasteiger partial charge is 0.462 e. The Balaban J connectivity index is 1.33. The molecule has 196 valence electrons. The third kappa shape index (κ3) is 6.45. The lowest BCUT2D eigenvalue weighted by molar-refractivity contribution is -0.152. The monoisotopic (exact) mass is 562 g/mol. The molecule has 1 fully saturated rings. The lowest BCUT2D eigenvalue weighted by Crippen LogP contribution is -2.40. The van der Waals surface area contributed by atoms with E-state index in [4.69, 9.17) is 9.47 Å². The summed E-state index contributed by atoms with van der Waals surface area (Å²) in [4.78, 5) is 38.3. The molecule has 0 unspecified atom stereocenters. The van der Waals surface area contributed by atoms with Crippen LogP contribution in [0, 0.1) is 5.92 Å². The molecule has 3 heterocycles. The number of hydrogen-bond acceptors (Lipinski definition) is 9. The molecule has 0 bridgehead atoms. The van der Waals surface area contributed by atoms with E-state index in [2.05, 4.69) is 5.32 Å². The zero-order valence-electron chi connectivity index (χ0n) is 20.0. The predicted molar refractivity (Wildman–Crippen MR) is 141 cm³/mol. The van der Waals surface area contributed by atoms with Crippen LogP contribution in [-0.2, 0) is 29.1 Å². The second kappa shape index (κ2) is 12.0. The van der Waals surface area contributed by atoms with Crippen molar-refractivity contribution in [2.75, 3.05) is 31.6 Å². The fourth-order valence-electron chi connectivity index (χ4n) is 3.88. The number of thiophene rings is 2. The van der Waals surface area contributed by atoms with E-state index in [1.807, 2.05) is 30.3 Å². The molecule has 0 radical (unpaired) electrons. The molecule has 0 spiro atoms. The minimum atomic E-state index is -3.56. The minimum Gasteiger partial charge on any atom is -0.462 e. The van der Waals surface area contributed by atoms with Gasteiger partial charge in [0.15, 0.2) is 6.61 Å². The van der Waals surface area contributed by atoms with Crippen molar-refractivity contribution in [2.45, 2.75) is 24.0 Å². The summed E-state index contributed by atoms with van der Waals surface area (Å²) in [6, 6.07) is 14.3. The maximum Gasteiger partial charge on any atom is 0.341 e. The molecule has 4 rings (SSSR count). The molecule has 1 aliphatic heterocycles. The first kappa shape index (κ1) is 27.0. The van der Waals surface area contributed by atoms with E-state index in [-0.39, 0.29) is 29.5 Å². The van der Waals surface area contributed by atoms with E-state index in [0.717, 1.165) is 21.8 Å². The van der Waals surface area contributed by atoms with Gasteiger partial charge < -0.3 is 14.8 Å². The van der Waals surface area contributed by atoms with Gasteiger partial charge in [-0.15, -0.1) is 22.7 Å². The summed E-state index contributed by atoms with van der Waals surface area (Å²) in [5.74, 6) is -2.19. The van der Waals surface area contributed by atoms with Gasteiger partial charge in [0.2, 0.25) is 0 Å². The highest BCUT2D eigenvalue weighted by molar-refractivity contribution is 7.91. The summed E-state index contributed by atoms with van der Waals surface area (Å²) in [5.41, 5.74) is 1.11. The van der Waals surface area contributed by atoms with Crippen LogP contribution in [0.15, 0.2) is 58.1 Å². The van der Waals surface area contributed by atoms with E-state index >= 15 is 0 Å². The van der Waals surface area contributed by atoms with Crippen LogP contribution in [0.3, 0.4) is 0 Å². The first-order valence-electron chi connectivity index (χ1n) is 11.7. The second-order valence-electron chi connectivity index (χ2n) is 8.21. The van der Waals surface area contributed by atoms with Crippen molar-refractivity contribution in [1.82, 2.24) is 4.31 Å². The van der Waals surface area contributed by atoms with Crippen LogP contribution < -0.4 is 5.32 Å². The van der Waals surface area contributed by atoms with Crippen LogP contribution in [0.4, 0.5) is 5.00 Å². The van der Waals surface area contributed by atoms with Crippen LogP contribution in [-0.4, -0.2) is 56.9 Å². The molecule has 37 heavy (non-hydrogen) atoms. The Kier molecular flexibility index (Phi) is 8.75. The fraction of sp³-hybridized carbons (Fsp3) is 0.320. The zero-order chi connectivity index (χ0) is 26.4. The highest BCUT2D eigenvalue weighted by Crippen LogP contribution is 2.36. The first-order valence-corrected chi connectivity index (χ1v) is 14.8. The number of rotatable bonds is 9. The normalized spacial score (nSPS) is 14.7. The Bertz CT molecular complexity index is 1340. The Hall–Kier alpha value is -3.06. The smallest absolute Gasteiger partial charge is 0.341 e. The molecule has 1 N–H and O–H groups in total. The number of amides is 1. The second-order valence-corrected chi connectivity index (χ2v) is 12.4. The highest BCUT2D eigenvalue weighted by atomic mass is 32.2. The summed E-state index contributed by atoms with van der Waals surface area (Å²) < 4.78 is 37.3. The summed E-state index contributed by atoms with van der Waals surface area (Å²) >= 11 is 2.38. The maximum atomic E-state index is 12.7. The molecule has 0 aliphatic carbocycles. The Morgan fingerprint density at radius 2 is 1.78 bits per heavy atom. The Labute approximate surface area is 223 Å². The van der Waals surface area contributed by atoms with Gasteiger partial charge in [-0.05, 0) is 42.8 Å². The van der Waals surface area contributed by atoms with Crippen molar-refractivity contribution in [3.05, 3.63) is 59.5 Å². The van der Waals surface area contributed by atoms with Gasteiger partial charge in [0.25, 0.3) is 15.9 Å². The van der Waals surface area contributed by atoms with Crippen molar-refractivity contribution in [3.8, 4) is 10.4 Å².